The van der Waals surface area contributed by atoms with Crippen LogP contribution in [0.15, 0.2) is 79.5 Å². The first-order chi connectivity index (χ1) is 19.3. The lowest BCUT2D eigenvalue weighted by Gasteiger charge is -2.17. The second kappa shape index (κ2) is 12.8. The van der Waals surface area contributed by atoms with Gasteiger partial charge in [0, 0.05) is 43.0 Å². The zero-order chi connectivity index (χ0) is 30.2. The lowest BCUT2D eigenvalue weighted by Crippen LogP contribution is -2.21. The highest BCUT2D eigenvalue weighted by Crippen LogP contribution is 2.37. The molecule has 4 rings (SSSR count). The number of carboxylic acid groups (broad SMARTS) is 1. The summed E-state index contributed by atoms with van der Waals surface area (Å²) in [7, 11) is 1.45. The van der Waals surface area contributed by atoms with Gasteiger partial charge in [-0.05, 0) is 29.8 Å². The average Bonchev–Trinajstić information content (AvgIpc) is 2.93. The highest BCUT2D eigenvalue weighted by Gasteiger charge is 2.38. The van der Waals surface area contributed by atoms with Gasteiger partial charge in [0.15, 0.2) is 0 Å². The molecule has 2 aromatic heterocycles. The minimum atomic E-state index is -5.08. The smallest absolute Gasteiger partial charge is 0.475 e. The molecule has 2 heterocycles. The lowest BCUT2D eigenvalue weighted by atomic mass is 10.1. The van der Waals surface area contributed by atoms with Gasteiger partial charge in [0.25, 0.3) is 5.91 Å². The van der Waals surface area contributed by atoms with Crippen LogP contribution in [0.3, 0.4) is 0 Å². The van der Waals surface area contributed by atoms with E-state index in [0.29, 0.717) is 5.69 Å². The maximum Gasteiger partial charge on any atom is 0.490 e. The number of halogens is 6. The number of rotatable bonds is 6. The first kappa shape index (κ1) is 30.3. The number of alkyl halides is 6. The molecule has 1 amide bonds. The van der Waals surface area contributed by atoms with E-state index in [9.17, 15) is 31.1 Å². The number of carbonyl (C=O) groups excluding carboxylic acids is 1. The first-order valence-corrected chi connectivity index (χ1v) is 11.4. The molecule has 214 valence electrons. The van der Waals surface area contributed by atoms with Crippen LogP contribution in [-0.4, -0.2) is 45.2 Å². The number of aliphatic carboxylic acids is 1. The van der Waals surface area contributed by atoms with E-state index < -0.39 is 29.8 Å². The third kappa shape index (κ3) is 8.39. The maximum atomic E-state index is 13.7. The number of carbonyl (C=O) groups is 2. The Morgan fingerprint density at radius 2 is 1.41 bits per heavy atom. The number of pyridine rings is 1. The van der Waals surface area contributed by atoms with Crippen LogP contribution in [0.5, 0.6) is 0 Å². The second-order valence-electron chi connectivity index (χ2n) is 8.00. The van der Waals surface area contributed by atoms with E-state index in [1.54, 1.807) is 36.7 Å². The van der Waals surface area contributed by atoms with Crippen LogP contribution in [0.2, 0.25) is 0 Å². The van der Waals surface area contributed by atoms with E-state index in [0.717, 1.165) is 17.3 Å². The van der Waals surface area contributed by atoms with Crippen molar-refractivity contribution >= 4 is 34.8 Å². The van der Waals surface area contributed by atoms with Gasteiger partial charge in [0.05, 0.1) is 22.5 Å². The molecule has 0 atom stereocenters. The quantitative estimate of drug-likeness (QED) is 0.204. The number of benzene rings is 2. The van der Waals surface area contributed by atoms with Crippen molar-refractivity contribution in [2.75, 3.05) is 17.7 Å². The summed E-state index contributed by atoms with van der Waals surface area (Å²) in [6.45, 7) is 0. The van der Waals surface area contributed by atoms with Crippen molar-refractivity contribution in [3.05, 3.63) is 90.6 Å². The average molecular weight is 578 g/mol. The lowest BCUT2D eigenvalue weighted by molar-refractivity contribution is -0.192. The van der Waals surface area contributed by atoms with Crippen molar-refractivity contribution in [2.24, 2.45) is 0 Å². The Labute approximate surface area is 228 Å². The monoisotopic (exact) mass is 578 g/mol. The van der Waals surface area contributed by atoms with Gasteiger partial charge < -0.3 is 21.1 Å². The number of hydrogen-bond acceptors (Lipinski definition) is 7. The Morgan fingerprint density at radius 3 is 1.98 bits per heavy atom. The predicted octanol–water partition coefficient (Wildman–Crippen LogP) is 6.04. The zero-order valence-electron chi connectivity index (χ0n) is 20.9. The Balaban J connectivity index is 0.000000587. The number of carboxylic acids is 1. The van der Waals surface area contributed by atoms with Crippen molar-refractivity contribution in [1.82, 2.24) is 20.3 Å². The van der Waals surface area contributed by atoms with Gasteiger partial charge in [0.2, 0.25) is 0 Å². The molecule has 0 radical (unpaired) electrons. The molecule has 0 saturated heterocycles. The number of anilines is 4. The molecule has 4 N–H and O–H groups in total. The molecule has 0 saturated carbocycles. The number of nitrogens with one attached hydrogen (secondary N) is 3. The maximum absolute atomic E-state index is 13.7. The Bertz CT molecular complexity index is 1500. The van der Waals surface area contributed by atoms with Crippen molar-refractivity contribution in [1.29, 1.82) is 0 Å². The van der Waals surface area contributed by atoms with Crippen molar-refractivity contribution < 1.29 is 41.0 Å². The fraction of sp³-hybridized carbons (Fsp3) is 0.115. The van der Waals surface area contributed by atoms with Crippen molar-refractivity contribution in [2.45, 2.75) is 12.4 Å². The van der Waals surface area contributed by atoms with E-state index in [1.165, 1.54) is 31.6 Å². The zero-order valence-corrected chi connectivity index (χ0v) is 20.9. The summed E-state index contributed by atoms with van der Waals surface area (Å²) in [5.41, 5.74) is 1.61. The van der Waals surface area contributed by atoms with Crippen molar-refractivity contribution in [3.63, 3.8) is 0 Å². The van der Waals surface area contributed by atoms with Crippen LogP contribution >= 0.6 is 0 Å². The summed E-state index contributed by atoms with van der Waals surface area (Å²) in [4.78, 5) is 32.9. The van der Waals surface area contributed by atoms with Gasteiger partial charge in [0.1, 0.15) is 12.1 Å². The summed E-state index contributed by atoms with van der Waals surface area (Å²) in [5.74, 6) is -2.98. The summed E-state index contributed by atoms with van der Waals surface area (Å²) >= 11 is 0. The molecule has 0 aliphatic rings. The number of aromatic nitrogens is 3. The fourth-order valence-electron chi connectivity index (χ4n) is 3.26. The largest absolute Gasteiger partial charge is 0.490 e. The standard InChI is InChI=1S/C24H19F3N6O.C2HF3O2/c1-28-23(34)18-4-2-3-5-20(18)33-21-10-22(31-13-19(21)24(25,26)27)32-17-8-6-15(7-9-17)16-11-29-14-30-12-16;3-2(4,5)1(6)7/h2-14H,1H3,(H,28,34)(H2,31,32,33);(H,6,7). The fourth-order valence-corrected chi connectivity index (χ4v) is 3.26. The van der Waals surface area contributed by atoms with E-state index in [2.05, 4.69) is 30.9 Å². The van der Waals surface area contributed by atoms with E-state index in [-0.39, 0.29) is 22.8 Å². The van der Waals surface area contributed by atoms with Gasteiger partial charge in [-0.25, -0.2) is 19.7 Å². The SMILES string of the molecule is CNC(=O)c1ccccc1Nc1cc(Nc2ccc(-c3cncnc3)cc2)ncc1C(F)(F)F.O=C(O)C(F)(F)F. The van der Waals surface area contributed by atoms with Gasteiger partial charge >= 0.3 is 18.3 Å². The van der Waals surface area contributed by atoms with Gasteiger partial charge in [-0.15, -0.1) is 0 Å². The minimum absolute atomic E-state index is 0.198. The van der Waals surface area contributed by atoms with Crippen LogP contribution in [0, 0.1) is 0 Å². The molecule has 0 aliphatic heterocycles. The normalized spacial score (nSPS) is 11.1. The van der Waals surface area contributed by atoms with Gasteiger partial charge in [-0.3, -0.25) is 4.79 Å². The molecule has 4 aromatic rings. The molecular weight excluding hydrogens is 558 g/mol. The summed E-state index contributed by atoms with van der Waals surface area (Å²) in [6, 6.07) is 14.8. The van der Waals surface area contributed by atoms with Crippen LogP contribution in [0.1, 0.15) is 15.9 Å². The number of hydrogen-bond donors (Lipinski definition) is 4. The summed E-state index contributed by atoms with van der Waals surface area (Å²) in [5, 5.41) is 15.4. The molecule has 0 bridgehead atoms. The van der Waals surface area contributed by atoms with Gasteiger partial charge in [-0.1, -0.05) is 24.3 Å². The van der Waals surface area contributed by atoms with Crippen LogP contribution < -0.4 is 16.0 Å². The highest BCUT2D eigenvalue weighted by atomic mass is 19.4. The third-order valence-electron chi connectivity index (χ3n) is 5.17. The molecule has 0 fully saturated rings. The second-order valence-corrected chi connectivity index (χ2v) is 8.00. The van der Waals surface area contributed by atoms with E-state index >= 15 is 0 Å². The first-order valence-electron chi connectivity index (χ1n) is 11.4. The van der Waals surface area contributed by atoms with Crippen LogP contribution in [0.4, 0.5) is 49.2 Å². The molecule has 2 aromatic carbocycles. The van der Waals surface area contributed by atoms with E-state index in [4.69, 9.17) is 9.90 Å². The molecule has 0 spiro atoms. The molecule has 0 aliphatic carbocycles. The minimum Gasteiger partial charge on any atom is -0.475 e. The van der Waals surface area contributed by atoms with Crippen LogP contribution in [0.25, 0.3) is 11.1 Å². The number of amides is 1. The summed E-state index contributed by atoms with van der Waals surface area (Å²) in [6.07, 6.45) is -4.17. The summed E-state index contributed by atoms with van der Waals surface area (Å²) < 4.78 is 72.7. The highest BCUT2D eigenvalue weighted by molar-refractivity contribution is 6.00. The van der Waals surface area contributed by atoms with Crippen molar-refractivity contribution in [3.8, 4) is 11.1 Å². The number of para-hydroxylation sites is 1. The third-order valence-corrected chi connectivity index (χ3v) is 5.17. The van der Waals surface area contributed by atoms with Gasteiger partial charge in [-0.2, -0.15) is 26.3 Å². The number of nitrogens with zero attached hydrogens (tertiary/aromatic N) is 3. The molecule has 9 nitrogen and oxygen atoms in total. The molecule has 41 heavy (non-hydrogen) atoms. The van der Waals surface area contributed by atoms with Crippen LogP contribution in [-0.2, 0) is 11.0 Å². The molecule has 15 heteroatoms. The Morgan fingerprint density at radius 1 is 0.805 bits per heavy atom. The Hall–Kier alpha value is -5.21. The predicted molar refractivity (Wildman–Crippen MR) is 137 cm³/mol. The molecule has 0 unspecified atom stereocenters. The Kier molecular flexibility index (Phi) is 9.44. The van der Waals surface area contributed by atoms with E-state index in [1.807, 2.05) is 12.1 Å². The molecular formula is C26H20F6N6O3. The topological polar surface area (TPSA) is 129 Å².